The summed E-state index contributed by atoms with van der Waals surface area (Å²) < 4.78 is 34.2. The monoisotopic (exact) mass is 1180 g/mol. The van der Waals surface area contributed by atoms with Gasteiger partial charge in [-0.25, -0.2) is 0 Å². The molecule has 17 unspecified atom stereocenters. The van der Waals surface area contributed by atoms with Gasteiger partial charge in [-0.1, -0.05) is 224 Å². The van der Waals surface area contributed by atoms with E-state index in [0.717, 1.165) is 44.9 Å². The summed E-state index contributed by atoms with van der Waals surface area (Å²) in [5.74, 6) is -0.284. The van der Waals surface area contributed by atoms with E-state index in [9.17, 15) is 61.0 Å². The molecule has 3 fully saturated rings. The van der Waals surface area contributed by atoms with Crippen LogP contribution in [0.3, 0.4) is 0 Å². The van der Waals surface area contributed by atoms with E-state index in [-0.39, 0.29) is 18.9 Å². The van der Waals surface area contributed by atoms with Crippen LogP contribution in [0.25, 0.3) is 0 Å². The molecule has 17 atom stereocenters. The van der Waals surface area contributed by atoms with Gasteiger partial charge in [-0.15, -0.1) is 0 Å². The maximum atomic E-state index is 13.3. The van der Waals surface area contributed by atoms with Crippen LogP contribution in [0.15, 0.2) is 24.3 Å². The zero-order valence-corrected chi connectivity index (χ0v) is 50.5. The van der Waals surface area contributed by atoms with Gasteiger partial charge in [-0.05, 0) is 32.1 Å². The molecule has 482 valence electrons. The maximum Gasteiger partial charge on any atom is 0.220 e. The number of aliphatic hydroxyl groups excluding tert-OH is 11. The van der Waals surface area contributed by atoms with Gasteiger partial charge in [0.25, 0.3) is 0 Å². The van der Waals surface area contributed by atoms with Gasteiger partial charge in [0.2, 0.25) is 5.91 Å². The molecule has 3 saturated heterocycles. The molecule has 0 aromatic heterocycles. The Kier molecular flexibility index (Phi) is 42.2. The summed E-state index contributed by atoms with van der Waals surface area (Å²) in [6.45, 7) is 1.66. The number of carbonyl (C=O) groups is 1. The van der Waals surface area contributed by atoms with E-state index >= 15 is 0 Å². The van der Waals surface area contributed by atoms with Crippen molar-refractivity contribution in [3.05, 3.63) is 24.3 Å². The average molecular weight is 1180 g/mol. The van der Waals surface area contributed by atoms with Crippen LogP contribution >= 0.6 is 0 Å². The molecule has 19 nitrogen and oxygen atoms in total. The van der Waals surface area contributed by atoms with E-state index in [0.29, 0.717) is 12.8 Å². The van der Waals surface area contributed by atoms with Crippen molar-refractivity contribution in [2.24, 2.45) is 0 Å². The summed E-state index contributed by atoms with van der Waals surface area (Å²) in [4.78, 5) is 13.3. The molecule has 0 aliphatic carbocycles. The van der Waals surface area contributed by atoms with Gasteiger partial charge in [-0.3, -0.25) is 4.79 Å². The Labute approximate surface area is 492 Å². The van der Waals surface area contributed by atoms with Crippen molar-refractivity contribution in [3.8, 4) is 0 Å². The number of amides is 1. The van der Waals surface area contributed by atoms with Crippen molar-refractivity contribution in [3.63, 3.8) is 0 Å². The predicted molar refractivity (Wildman–Crippen MR) is 314 cm³/mol. The fraction of sp³-hybridized carbons (Fsp3) is 0.921. The lowest BCUT2D eigenvalue weighted by atomic mass is 9.96. The highest BCUT2D eigenvalue weighted by Gasteiger charge is 2.53. The highest BCUT2D eigenvalue weighted by molar-refractivity contribution is 5.76. The van der Waals surface area contributed by atoms with Crippen LogP contribution in [0.1, 0.15) is 239 Å². The Bertz CT molecular complexity index is 1590. The van der Waals surface area contributed by atoms with E-state index in [2.05, 4.69) is 31.3 Å². The molecule has 0 saturated carbocycles. The van der Waals surface area contributed by atoms with Crippen LogP contribution in [0, 0.1) is 0 Å². The summed E-state index contributed by atoms with van der Waals surface area (Å²) in [7, 11) is 0. The fourth-order valence-corrected chi connectivity index (χ4v) is 11.1. The standard InChI is InChI=1S/C63H117NO18/c1-3-5-7-9-11-13-14-15-16-17-18-19-20-21-22-23-24-25-26-27-28-29-30-31-33-35-37-39-41-51(69)64-46(47(68)40-38-36-34-32-12-10-8-6-4-2)45-77-61-57(75)54(72)59(49(43-66)79-61)82-63-58(76)55(73)60(50(44-67)80-63)81-62-56(74)53(71)52(70)48(42-65)78-62/h12,32,38,40,46-50,52-63,65-68,70-76H,3-11,13-31,33-37,39,41-45H2,1-2H3,(H,64,69)/b32-12+,40-38+. The largest absolute Gasteiger partial charge is 0.394 e. The van der Waals surface area contributed by atoms with Gasteiger partial charge in [0, 0.05) is 6.42 Å². The maximum absolute atomic E-state index is 13.3. The highest BCUT2D eigenvalue weighted by Crippen LogP contribution is 2.33. The van der Waals surface area contributed by atoms with E-state index in [1.807, 2.05) is 6.08 Å². The SMILES string of the molecule is CCCCC/C=C/CC/C=C/C(O)C(COC1OC(CO)C(OC2OC(CO)C(OC3OC(CO)C(O)C(O)C3O)C(O)C2O)C(O)C1O)NC(=O)CCCCCCCCCCCCCCCCCCCCCCCCCCCCCC. The van der Waals surface area contributed by atoms with Crippen molar-refractivity contribution in [1.82, 2.24) is 5.32 Å². The van der Waals surface area contributed by atoms with Gasteiger partial charge >= 0.3 is 0 Å². The molecular formula is C63H117NO18. The van der Waals surface area contributed by atoms with Crippen LogP contribution in [0.5, 0.6) is 0 Å². The lowest BCUT2D eigenvalue weighted by Gasteiger charge is -2.48. The van der Waals surface area contributed by atoms with Gasteiger partial charge in [-0.2, -0.15) is 0 Å². The molecule has 3 aliphatic rings. The van der Waals surface area contributed by atoms with Gasteiger partial charge in [0.1, 0.15) is 73.2 Å². The third-order valence-electron chi connectivity index (χ3n) is 16.5. The van der Waals surface area contributed by atoms with E-state index in [1.165, 1.54) is 161 Å². The quantitative estimate of drug-likeness (QED) is 0.0213. The summed E-state index contributed by atoms with van der Waals surface area (Å²) in [5, 5.41) is 120. The number of allylic oxidation sites excluding steroid dienone is 3. The van der Waals surface area contributed by atoms with Crippen molar-refractivity contribution in [2.45, 2.75) is 343 Å². The van der Waals surface area contributed by atoms with E-state index in [1.54, 1.807) is 6.08 Å². The summed E-state index contributed by atoms with van der Waals surface area (Å²) in [6.07, 6.45) is 23.6. The average Bonchev–Trinajstić information content (AvgIpc) is 3.58. The first-order chi connectivity index (χ1) is 39.8. The Balaban J connectivity index is 1.37. The molecule has 0 bridgehead atoms. The fourth-order valence-electron chi connectivity index (χ4n) is 11.1. The molecule has 3 rings (SSSR count). The van der Waals surface area contributed by atoms with Crippen molar-refractivity contribution < 1.29 is 89.4 Å². The zero-order valence-electron chi connectivity index (χ0n) is 50.5. The van der Waals surface area contributed by atoms with E-state index < -0.39 is 124 Å². The highest BCUT2D eigenvalue weighted by atomic mass is 16.8. The predicted octanol–water partition coefficient (Wildman–Crippen LogP) is 7.10. The van der Waals surface area contributed by atoms with Crippen LogP contribution in [-0.4, -0.2) is 193 Å². The summed E-state index contributed by atoms with van der Waals surface area (Å²) in [6, 6.07) is -0.984. The van der Waals surface area contributed by atoms with Gasteiger partial charge in [0.05, 0.1) is 38.6 Å². The Morgan fingerprint density at radius 1 is 0.427 bits per heavy atom. The van der Waals surface area contributed by atoms with Crippen molar-refractivity contribution in [1.29, 1.82) is 0 Å². The molecule has 3 heterocycles. The number of hydrogen-bond donors (Lipinski definition) is 12. The molecule has 1 amide bonds. The normalized spacial score (nSPS) is 29.7. The minimum Gasteiger partial charge on any atom is -0.394 e. The van der Waals surface area contributed by atoms with Crippen LogP contribution in [0.2, 0.25) is 0 Å². The molecule has 82 heavy (non-hydrogen) atoms. The molecule has 3 aliphatic heterocycles. The first-order valence-electron chi connectivity index (χ1n) is 32.6. The molecule has 0 radical (unpaired) electrons. The Hall–Kier alpha value is -1.73. The first kappa shape index (κ1) is 74.5. The second kappa shape index (κ2) is 46.4. The third kappa shape index (κ3) is 29.3. The van der Waals surface area contributed by atoms with Crippen molar-refractivity contribution in [2.75, 3.05) is 26.4 Å². The number of hydrogen-bond acceptors (Lipinski definition) is 18. The Morgan fingerprint density at radius 3 is 1.22 bits per heavy atom. The minimum atomic E-state index is -1.98. The number of rotatable bonds is 49. The topological polar surface area (TPSA) is 307 Å². The summed E-state index contributed by atoms with van der Waals surface area (Å²) in [5.41, 5.74) is 0. The number of nitrogens with one attached hydrogen (secondary N) is 1. The van der Waals surface area contributed by atoms with Crippen molar-refractivity contribution >= 4 is 5.91 Å². The van der Waals surface area contributed by atoms with Crippen LogP contribution < -0.4 is 5.32 Å². The second-order valence-corrected chi connectivity index (χ2v) is 23.6. The molecule has 0 aromatic rings. The molecular weight excluding hydrogens is 1060 g/mol. The zero-order chi connectivity index (χ0) is 59.7. The smallest absolute Gasteiger partial charge is 0.220 e. The number of unbranched alkanes of at least 4 members (excludes halogenated alkanes) is 31. The second-order valence-electron chi connectivity index (χ2n) is 23.6. The first-order valence-corrected chi connectivity index (χ1v) is 32.6. The van der Waals surface area contributed by atoms with Crippen LogP contribution in [-0.2, 0) is 33.2 Å². The molecule has 0 spiro atoms. The molecule has 12 N–H and O–H groups in total. The number of carbonyl (C=O) groups excluding carboxylic acids is 1. The number of ether oxygens (including phenoxy) is 6. The van der Waals surface area contributed by atoms with E-state index in [4.69, 9.17) is 28.4 Å². The molecule has 19 heteroatoms. The van der Waals surface area contributed by atoms with Gasteiger partial charge < -0.3 is 89.9 Å². The van der Waals surface area contributed by atoms with Gasteiger partial charge in [0.15, 0.2) is 18.9 Å². The summed E-state index contributed by atoms with van der Waals surface area (Å²) >= 11 is 0. The lowest BCUT2D eigenvalue weighted by molar-refractivity contribution is -0.379. The lowest BCUT2D eigenvalue weighted by Crippen LogP contribution is -2.66. The minimum absolute atomic E-state index is 0.240. The molecule has 0 aromatic carbocycles. The third-order valence-corrected chi connectivity index (χ3v) is 16.5. The number of aliphatic hydroxyl groups is 11. The Morgan fingerprint density at radius 2 is 0.780 bits per heavy atom. The van der Waals surface area contributed by atoms with Crippen LogP contribution in [0.4, 0.5) is 0 Å².